The number of amides is 1. The summed E-state index contributed by atoms with van der Waals surface area (Å²) in [4.78, 5) is 34.4. The smallest absolute Gasteiger partial charge is 0.338 e. The van der Waals surface area contributed by atoms with E-state index in [0.717, 1.165) is 0 Å². The van der Waals surface area contributed by atoms with E-state index in [1.54, 1.807) is 24.4 Å². The van der Waals surface area contributed by atoms with Crippen molar-refractivity contribution in [2.24, 2.45) is 0 Å². The standard InChI is InChI=1S/C17H19N3O5S/c1-11(16(21)20(2)13-5-8-26(23,24)10-13)25-17(22)12-3-4-14-15(9-12)19-7-6-18-14/h3-4,6-7,9,11,13H,5,8,10H2,1-2H3/t11-,13+/m0/s1. The van der Waals surface area contributed by atoms with Crippen LogP contribution in [0.15, 0.2) is 30.6 Å². The summed E-state index contributed by atoms with van der Waals surface area (Å²) < 4.78 is 28.4. The van der Waals surface area contributed by atoms with Crippen molar-refractivity contribution in [2.75, 3.05) is 18.6 Å². The van der Waals surface area contributed by atoms with E-state index in [-0.39, 0.29) is 23.1 Å². The lowest BCUT2D eigenvalue weighted by molar-refractivity contribution is -0.140. The third-order valence-corrected chi connectivity index (χ3v) is 6.19. The van der Waals surface area contributed by atoms with Gasteiger partial charge in [-0.1, -0.05) is 0 Å². The quantitative estimate of drug-likeness (QED) is 0.726. The molecule has 1 amide bonds. The van der Waals surface area contributed by atoms with Crippen molar-refractivity contribution in [3.05, 3.63) is 36.2 Å². The average Bonchev–Trinajstić information content (AvgIpc) is 2.99. The minimum Gasteiger partial charge on any atom is -0.449 e. The van der Waals surface area contributed by atoms with E-state index in [1.807, 2.05) is 0 Å². The Hall–Kier alpha value is -2.55. The number of fused-ring (bicyclic) bond motifs is 1. The predicted octanol–water partition coefficient (Wildman–Crippen LogP) is 0.821. The summed E-state index contributed by atoms with van der Waals surface area (Å²) >= 11 is 0. The molecule has 1 saturated heterocycles. The number of rotatable bonds is 4. The van der Waals surface area contributed by atoms with Gasteiger partial charge in [-0.15, -0.1) is 0 Å². The van der Waals surface area contributed by atoms with E-state index in [2.05, 4.69) is 9.97 Å². The van der Waals surface area contributed by atoms with Crippen molar-refractivity contribution in [3.63, 3.8) is 0 Å². The minimum atomic E-state index is -3.10. The second kappa shape index (κ2) is 6.99. The molecule has 3 rings (SSSR count). The van der Waals surface area contributed by atoms with Gasteiger partial charge in [0.1, 0.15) is 0 Å². The summed E-state index contributed by atoms with van der Waals surface area (Å²) in [6, 6.07) is 4.38. The number of likely N-dealkylation sites (N-methyl/N-ethyl adjacent to an activating group) is 1. The molecule has 0 N–H and O–H groups in total. The van der Waals surface area contributed by atoms with E-state index in [1.165, 1.54) is 25.1 Å². The molecule has 0 spiro atoms. The summed E-state index contributed by atoms with van der Waals surface area (Å²) in [6.45, 7) is 1.47. The number of aromatic nitrogens is 2. The van der Waals surface area contributed by atoms with Crippen LogP contribution in [0.4, 0.5) is 0 Å². The molecule has 2 atom stereocenters. The van der Waals surface area contributed by atoms with Crippen molar-refractivity contribution in [1.29, 1.82) is 0 Å². The number of benzene rings is 1. The Bertz CT molecular complexity index is 960. The van der Waals surface area contributed by atoms with E-state index in [4.69, 9.17) is 4.74 Å². The Morgan fingerprint density at radius 1 is 1.23 bits per heavy atom. The Labute approximate surface area is 151 Å². The fourth-order valence-electron chi connectivity index (χ4n) is 2.92. The van der Waals surface area contributed by atoms with Crippen LogP contribution in [-0.2, 0) is 19.4 Å². The van der Waals surface area contributed by atoms with Crippen molar-refractivity contribution < 1.29 is 22.7 Å². The molecule has 1 fully saturated rings. The maximum Gasteiger partial charge on any atom is 0.338 e. The lowest BCUT2D eigenvalue weighted by atomic mass is 10.2. The van der Waals surface area contributed by atoms with Crippen LogP contribution in [0.25, 0.3) is 11.0 Å². The van der Waals surface area contributed by atoms with Crippen molar-refractivity contribution in [2.45, 2.75) is 25.5 Å². The number of hydrogen-bond acceptors (Lipinski definition) is 7. The molecule has 138 valence electrons. The normalized spacial score (nSPS) is 19.8. The zero-order chi connectivity index (χ0) is 18.9. The molecule has 1 aromatic heterocycles. The highest BCUT2D eigenvalue weighted by atomic mass is 32.2. The molecule has 2 heterocycles. The van der Waals surface area contributed by atoms with Crippen LogP contribution in [0.2, 0.25) is 0 Å². The molecule has 0 saturated carbocycles. The molecule has 2 aromatic rings. The molecular formula is C17H19N3O5S. The third-order valence-electron chi connectivity index (χ3n) is 4.44. The van der Waals surface area contributed by atoms with Gasteiger partial charge in [-0.05, 0) is 31.5 Å². The van der Waals surface area contributed by atoms with E-state index >= 15 is 0 Å². The van der Waals surface area contributed by atoms with Gasteiger partial charge in [-0.2, -0.15) is 0 Å². The molecule has 8 nitrogen and oxygen atoms in total. The first-order valence-corrected chi connectivity index (χ1v) is 9.98. The highest BCUT2D eigenvalue weighted by molar-refractivity contribution is 7.91. The zero-order valence-electron chi connectivity index (χ0n) is 14.5. The van der Waals surface area contributed by atoms with E-state index < -0.39 is 27.8 Å². The Kier molecular flexibility index (Phi) is 4.90. The Balaban J connectivity index is 1.66. The maximum absolute atomic E-state index is 12.5. The summed E-state index contributed by atoms with van der Waals surface area (Å²) in [7, 11) is -1.57. The zero-order valence-corrected chi connectivity index (χ0v) is 15.3. The van der Waals surface area contributed by atoms with Crippen LogP contribution in [-0.4, -0.2) is 65.9 Å². The fourth-order valence-corrected chi connectivity index (χ4v) is 4.69. The third kappa shape index (κ3) is 3.82. The summed E-state index contributed by atoms with van der Waals surface area (Å²) in [5, 5.41) is 0. The van der Waals surface area contributed by atoms with Gasteiger partial charge in [0.05, 0.1) is 28.1 Å². The first-order chi connectivity index (χ1) is 12.3. The number of carbonyl (C=O) groups is 2. The molecule has 1 aromatic carbocycles. The van der Waals surface area contributed by atoms with Gasteiger partial charge in [0.25, 0.3) is 5.91 Å². The van der Waals surface area contributed by atoms with Crippen LogP contribution in [0.5, 0.6) is 0 Å². The minimum absolute atomic E-state index is 0.0563. The first-order valence-electron chi connectivity index (χ1n) is 8.16. The first kappa shape index (κ1) is 18.2. The SMILES string of the molecule is C[C@H](OC(=O)c1ccc2nccnc2c1)C(=O)N(C)[C@@H]1CCS(=O)(=O)C1. The Morgan fingerprint density at radius 2 is 1.92 bits per heavy atom. The Morgan fingerprint density at radius 3 is 2.58 bits per heavy atom. The number of hydrogen-bond donors (Lipinski definition) is 0. The molecular weight excluding hydrogens is 358 g/mol. The van der Waals surface area contributed by atoms with Gasteiger partial charge < -0.3 is 9.64 Å². The van der Waals surface area contributed by atoms with Gasteiger partial charge in [0.15, 0.2) is 15.9 Å². The summed E-state index contributed by atoms with van der Waals surface area (Å²) in [5.74, 6) is -1.06. The molecule has 1 aliphatic rings. The molecule has 0 aliphatic carbocycles. The van der Waals surface area contributed by atoms with Crippen molar-refractivity contribution >= 4 is 32.7 Å². The van der Waals surface area contributed by atoms with Gasteiger partial charge in [-0.25, -0.2) is 13.2 Å². The van der Waals surface area contributed by atoms with Crippen molar-refractivity contribution in [3.8, 4) is 0 Å². The number of sulfone groups is 1. The van der Waals surface area contributed by atoms with Gasteiger partial charge in [0, 0.05) is 25.5 Å². The lowest BCUT2D eigenvalue weighted by Gasteiger charge is -2.26. The number of esters is 1. The lowest BCUT2D eigenvalue weighted by Crippen LogP contribution is -2.44. The van der Waals surface area contributed by atoms with E-state index in [0.29, 0.717) is 17.5 Å². The van der Waals surface area contributed by atoms with Crippen molar-refractivity contribution in [1.82, 2.24) is 14.9 Å². The number of carbonyl (C=O) groups excluding carboxylic acids is 2. The van der Waals surface area contributed by atoms with Crippen LogP contribution >= 0.6 is 0 Å². The van der Waals surface area contributed by atoms with Crippen LogP contribution in [0.1, 0.15) is 23.7 Å². The van der Waals surface area contributed by atoms with Crippen LogP contribution in [0, 0.1) is 0 Å². The monoisotopic (exact) mass is 377 g/mol. The second-order valence-corrected chi connectivity index (χ2v) is 8.54. The summed E-state index contributed by atoms with van der Waals surface area (Å²) in [6.07, 6.45) is 2.46. The highest BCUT2D eigenvalue weighted by Crippen LogP contribution is 2.18. The predicted molar refractivity (Wildman–Crippen MR) is 94.2 cm³/mol. The van der Waals surface area contributed by atoms with Gasteiger partial charge in [0.2, 0.25) is 0 Å². The molecule has 0 bridgehead atoms. The topological polar surface area (TPSA) is 107 Å². The second-order valence-electron chi connectivity index (χ2n) is 6.31. The maximum atomic E-state index is 12.5. The van der Waals surface area contributed by atoms with Crippen LogP contribution < -0.4 is 0 Å². The summed E-state index contributed by atoms with van der Waals surface area (Å²) in [5.41, 5.74) is 1.47. The molecule has 0 radical (unpaired) electrons. The molecule has 1 aliphatic heterocycles. The van der Waals surface area contributed by atoms with Crippen LogP contribution in [0.3, 0.4) is 0 Å². The average molecular weight is 377 g/mol. The molecule has 9 heteroatoms. The fraction of sp³-hybridized carbons (Fsp3) is 0.412. The van der Waals surface area contributed by atoms with E-state index in [9.17, 15) is 18.0 Å². The number of nitrogens with zero attached hydrogens (tertiary/aromatic N) is 3. The van der Waals surface area contributed by atoms with Gasteiger partial charge >= 0.3 is 5.97 Å². The molecule has 26 heavy (non-hydrogen) atoms. The highest BCUT2D eigenvalue weighted by Gasteiger charge is 2.35. The molecule has 0 unspecified atom stereocenters. The largest absolute Gasteiger partial charge is 0.449 e. The number of ether oxygens (including phenoxy) is 1. The van der Waals surface area contributed by atoms with Gasteiger partial charge in [-0.3, -0.25) is 14.8 Å².